The Morgan fingerprint density at radius 3 is 2.67 bits per heavy atom. The summed E-state index contributed by atoms with van der Waals surface area (Å²) in [6.07, 6.45) is 0.0393. The average molecular weight is 290 g/mol. The van der Waals surface area contributed by atoms with Gasteiger partial charge in [-0.3, -0.25) is 4.79 Å². The quantitative estimate of drug-likeness (QED) is 0.485. The van der Waals surface area contributed by atoms with E-state index in [4.69, 9.17) is 18.9 Å². The van der Waals surface area contributed by atoms with Gasteiger partial charge in [-0.15, -0.1) is 6.58 Å². The van der Waals surface area contributed by atoms with Crippen molar-refractivity contribution in [1.82, 2.24) is 0 Å². The highest BCUT2D eigenvalue weighted by Gasteiger charge is 2.57. The Morgan fingerprint density at radius 2 is 2.00 bits per heavy atom. The van der Waals surface area contributed by atoms with Gasteiger partial charge < -0.3 is 18.9 Å². The molecule has 5 heteroatoms. The van der Waals surface area contributed by atoms with Crippen LogP contribution < -0.4 is 4.74 Å². The highest BCUT2D eigenvalue weighted by atomic mass is 16.8. The van der Waals surface area contributed by atoms with Gasteiger partial charge in [0.1, 0.15) is 17.8 Å². The van der Waals surface area contributed by atoms with Crippen molar-refractivity contribution in [2.24, 2.45) is 5.92 Å². The fourth-order valence-electron chi connectivity index (χ4n) is 2.68. The summed E-state index contributed by atoms with van der Waals surface area (Å²) in [6, 6.07) is 8.92. The summed E-state index contributed by atoms with van der Waals surface area (Å²) in [5.41, 5.74) is 0. The number of carbonyl (C=O) groups excluding carboxylic acids is 1. The second-order valence-corrected chi connectivity index (χ2v) is 5.56. The van der Waals surface area contributed by atoms with Crippen molar-refractivity contribution in [3.8, 4) is 5.75 Å². The van der Waals surface area contributed by atoms with Gasteiger partial charge in [0.15, 0.2) is 12.1 Å². The van der Waals surface area contributed by atoms with E-state index < -0.39 is 36.2 Å². The molecule has 2 heterocycles. The molecule has 2 aliphatic rings. The fraction of sp³-hybridized carbons (Fsp3) is 0.438. The van der Waals surface area contributed by atoms with Gasteiger partial charge in [0.25, 0.3) is 0 Å². The number of esters is 1. The van der Waals surface area contributed by atoms with Crippen molar-refractivity contribution in [2.75, 3.05) is 0 Å². The molecule has 4 unspecified atom stereocenters. The third kappa shape index (κ3) is 2.72. The van der Waals surface area contributed by atoms with Crippen LogP contribution in [-0.4, -0.2) is 30.3 Å². The number of fused-ring (bicyclic) bond motifs is 1. The molecule has 2 saturated heterocycles. The lowest BCUT2D eigenvalue weighted by Crippen LogP contribution is -2.37. The molecule has 0 bridgehead atoms. The van der Waals surface area contributed by atoms with Crippen LogP contribution in [0.25, 0.3) is 0 Å². The van der Waals surface area contributed by atoms with Crippen LogP contribution in [0.4, 0.5) is 0 Å². The SMILES string of the molecule is C=CC1OC2OC(C)(C)OC2C1C(=O)Oc1ccccc1. The molecule has 0 amide bonds. The van der Waals surface area contributed by atoms with Crippen molar-refractivity contribution >= 4 is 5.97 Å². The number of hydrogen-bond acceptors (Lipinski definition) is 5. The number of para-hydroxylation sites is 1. The standard InChI is InChI=1S/C16H18O5/c1-4-11-12(13-15(19-11)21-16(2,3)20-13)14(17)18-10-8-6-5-7-9-10/h4-9,11-13,15H,1H2,2-3H3. The van der Waals surface area contributed by atoms with Gasteiger partial charge in [0, 0.05) is 0 Å². The molecule has 2 fully saturated rings. The second-order valence-electron chi connectivity index (χ2n) is 5.56. The van der Waals surface area contributed by atoms with Crippen LogP contribution in [0.2, 0.25) is 0 Å². The number of rotatable bonds is 3. The van der Waals surface area contributed by atoms with E-state index in [1.54, 1.807) is 44.2 Å². The topological polar surface area (TPSA) is 54.0 Å². The Hall–Kier alpha value is -1.69. The third-order valence-corrected chi connectivity index (χ3v) is 3.55. The van der Waals surface area contributed by atoms with Gasteiger partial charge >= 0.3 is 5.97 Å². The van der Waals surface area contributed by atoms with E-state index in [1.807, 2.05) is 6.07 Å². The van der Waals surface area contributed by atoms with Gasteiger partial charge in [-0.25, -0.2) is 0 Å². The van der Waals surface area contributed by atoms with Crippen LogP contribution in [0.15, 0.2) is 43.0 Å². The molecule has 3 rings (SSSR count). The smallest absolute Gasteiger partial charge is 0.320 e. The zero-order valence-electron chi connectivity index (χ0n) is 12.0. The molecule has 0 saturated carbocycles. The average Bonchev–Trinajstić information content (AvgIpc) is 2.90. The van der Waals surface area contributed by atoms with Crippen LogP contribution in [0.3, 0.4) is 0 Å². The maximum atomic E-state index is 12.5. The predicted molar refractivity (Wildman–Crippen MR) is 74.5 cm³/mol. The summed E-state index contributed by atoms with van der Waals surface area (Å²) in [7, 11) is 0. The summed E-state index contributed by atoms with van der Waals surface area (Å²) in [5.74, 6) is -1.27. The highest BCUT2D eigenvalue weighted by molar-refractivity contribution is 5.77. The molecule has 0 radical (unpaired) electrons. The Labute approximate surface area is 123 Å². The lowest BCUT2D eigenvalue weighted by Gasteiger charge is -2.23. The molecule has 0 N–H and O–H groups in total. The molecule has 0 aliphatic carbocycles. The maximum absolute atomic E-state index is 12.5. The van der Waals surface area contributed by atoms with E-state index >= 15 is 0 Å². The van der Waals surface area contributed by atoms with Gasteiger partial charge in [-0.05, 0) is 26.0 Å². The van der Waals surface area contributed by atoms with Crippen molar-refractivity contribution < 1.29 is 23.7 Å². The lowest BCUT2D eigenvalue weighted by molar-refractivity contribution is -0.205. The monoisotopic (exact) mass is 290 g/mol. The molecule has 112 valence electrons. The molecule has 5 nitrogen and oxygen atoms in total. The minimum absolute atomic E-state index is 0.403. The number of hydrogen-bond donors (Lipinski definition) is 0. The molecular formula is C16H18O5. The first-order valence-electron chi connectivity index (χ1n) is 6.90. The minimum Gasteiger partial charge on any atom is -0.426 e. The minimum atomic E-state index is -0.771. The first kappa shape index (κ1) is 14.3. The Morgan fingerprint density at radius 1 is 1.29 bits per heavy atom. The van der Waals surface area contributed by atoms with E-state index in [2.05, 4.69) is 6.58 Å². The highest BCUT2D eigenvalue weighted by Crippen LogP contribution is 2.41. The summed E-state index contributed by atoms with van der Waals surface area (Å²) in [6.45, 7) is 7.28. The first-order valence-corrected chi connectivity index (χ1v) is 6.90. The molecule has 1 aromatic rings. The Bertz CT molecular complexity index is 539. The first-order chi connectivity index (χ1) is 10.00. The Kier molecular flexibility index (Phi) is 3.57. The predicted octanol–water partition coefficient (Wildman–Crippen LogP) is 2.27. The summed E-state index contributed by atoms with van der Waals surface area (Å²) < 4.78 is 22.5. The molecule has 21 heavy (non-hydrogen) atoms. The van der Waals surface area contributed by atoms with Crippen molar-refractivity contribution in [3.63, 3.8) is 0 Å². The zero-order chi connectivity index (χ0) is 15.0. The summed E-state index contributed by atoms with van der Waals surface area (Å²) in [5, 5.41) is 0. The lowest BCUT2D eigenvalue weighted by atomic mass is 9.98. The summed E-state index contributed by atoms with van der Waals surface area (Å²) in [4.78, 5) is 12.5. The van der Waals surface area contributed by atoms with Gasteiger partial charge in [-0.1, -0.05) is 24.3 Å². The fourth-order valence-corrected chi connectivity index (χ4v) is 2.68. The number of benzene rings is 1. The zero-order valence-corrected chi connectivity index (χ0v) is 12.0. The molecule has 0 aromatic heterocycles. The van der Waals surface area contributed by atoms with Crippen molar-refractivity contribution in [3.05, 3.63) is 43.0 Å². The van der Waals surface area contributed by atoms with E-state index in [-0.39, 0.29) is 0 Å². The van der Waals surface area contributed by atoms with Gasteiger partial charge in [-0.2, -0.15) is 0 Å². The third-order valence-electron chi connectivity index (χ3n) is 3.55. The molecule has 0 spiro atoms. The van der Waals surface area contributed by atoms with E-state index in [0.29, 0.717) is 5.75 Å². The second kappa shape index (κ2) is 5.26. The van der Waals surface area contributed by atoms with Crippen LogP contribution in [0.1, 0.15) is 13.8 Å². The molecular weight excluding hydrogens is 272 g/mol. The van der Waals surface area contributed by atoms with Crippen molar-refractivity contribution in [2.45, 2.75) is 38.1 Å². The van der Waals surface area contributed by atoms with Crippen LogP contribution in [0, 0.1) is 5.92 Å². The number of ether oxygens (including phenoxy) is 4. The van der Waals surface area contributed by atoms with Crippen LogP contribution in [-0.2, 0) is 19.0 Å². The van der Waals surface area contributed by atoms with E-state index in [1.165, 1.54) is 0 Å². The van der Waals surface area contributed by atoms with Gasteiger partial charge in [0.05, 0.1) is 6.10 Å². The molecule has 2 aliphatic heterocycles. The largest absolute Gasteiger partial charge is 0.426 e. The molecule has 1 aromatic carbocycles. The van der Waals surface area contributed by atoms with E-state index in [0.717, 1.165) is 0 Å². The van der Waals surface area contributed by atoms with Crippen molar-refractivity contribution in [1.29, 1.82) is 0 Å². The Balaban J connectivity index is 1.78. The maximum Gasteiger partial charge on any atom is 0.320 e. The van der Waals surface area contributed by atoms with Crippen LogP contribution >= 0.6 is 0 Å². The van der Waals surface area contributed by atoms with E-state index in [9.17, 15) is 4.79 Å². The normalized spacial score (nSPS) is 33.4. The van der Waals surface area contributed by atoms with Crippen LogP contribution in [0.5, 0.6) is 5.75 Å². The number of carbonyl (C=O) groups is 1. The molecule has 4 atom stereocenters. The van der Waals surface area contributed by atoms with Gasteiger partial charge in [0.2, 0.25) is 0 Å². The summed E-state index contributed by atoms with van der Waals surface area (Å²) >= 11 is 0.